The van der Waals surface area contributed by atoms with Crippen LogP contribution in [-0.2, 0) is 6.42 Å². The monoisotopic (exact) mass is 348 g/mol. The Morgan fingerprint density at radius 2 is 1.96 bits per heavy atom. The first-order chi connectivity index (χ1) is 12.6. The SMILES string of the molecule is CCCCOc1ccc(-c2cnc3c(C#N)cnn3c2CC(C)C)cc1. The van der Waals surface area contributed by atoms with Crippen LogP contribution in [0.1, 0.15) is 44.9 Å². The van der Waals surface area contributed by atoms with E-state index < -0.39 is 0 Å². The standard InChI is InChI=1S/C21H24N4O/c1-4-5-10-26-18-8-6-16(7-9-18)19-14-23-21-17(12-22)13-24-25(21)20(19)11-15(2)3/h6-9,13-15H,4-5,10-11H2,1-3H3. The zero-order valence-corrected chi connectivity index (χ0v) is 15.6. The van der Waals surface area contributed by atoms with Crippen LogP contribution >= 0.6 is 0 Å². The quantitative estimate of drug-likeness (QED) is 0.583. The predicted molar refractivity (Wildman–Crippen MR) is 102 cm³/mol. The fourth-order valence-electron chi connectivity index (χ4n) is 2.95. The summed E-state index contributed by atoms with van der Waals surface area (Å²) in [7, 11) is 0. The molecule has 0 aliphatic carbocycles. The zero-order chi connectivity index (χ0) is 18.5. The van der Waals surface area contributed by atoms with Crippen LogP contribution in [0.15, 0.2) is 36.7 Å². The van der Waals surface area contributed by atoms with E-state index in [1.807, 2.05) is 18.3 Å². The molecule has 134 valence electrons. The van der Waals surface area contributed by atoms with Gasteiger partial charge in [0, 0.05) is 11.8 Å². The first kappa shape index (κ1) is 17.9. The largest absolute Gasteiger partial charge is 0.494 e. The summed E-state index contributed by atoms with van der Waals surface area (Å²) in [5.41, 5.74) is 4.31. The molecule has 5 nitrogen and oxygen atoms in total. The molecular formula is C21H24N4O. The van der Waals surface area contributed by atoms with Crippen molar-refractivity contribution in [2.45, 2.75) is 40.0 Å². The predicted octanol–water partition coefficient (Wildman–Crippen LogP) is 4.65. The van der Waals surface area contributed by atoms with E-state index in [1.54, 1.807) is 10.7 Å². The molecule has 0 amide bonds. The van der Waals surface area contributed by atoms with Crippen LogP contribution in [0.2, 0.25) is 0 Å². The lowest BCUT2D eigenvalue weighted by Crippen LogP contribution is -2.07. The van der Waals surface area contributed by atoms with Gasteiger partial charge >= 0.3 is 0 Å². The third kappa shape index (κ3) is 3.70. The Morgan fingerprint density at radius 1 is 1.19 bits per heavy atom. The summed E-state index contributed by atoms with van der Waals surface area (Å²) in [5, 5.41) is 13.6. The summed E-state index contributed by atoms with van der Waals surface area (Å²) in [6.45, 7) is 7.25. The van der Waals surface area contributed by atoms with Gasteiger partial charge in [0.1, 0.15) is 17.4 Å². The third-order valence-corrected chi connectivity index (χ3v) is 4.28. The second kappa shape index (κ2) is 8.01. The number of unbranched alkanes of at least 4 members (excludes halogenated alkanes) is 1. The first-order valence-corrected chi connectivity index (χ1v) is 9.13. The maximum Gasteiger partial charge on any atom is 0.173 e. The van der Waals surface area contributed by atoms with Crippen molar-refractivity contribution in [1.29, 1.82) is 5.26 Å². The molecule has 0 N–H and O–H groups in total. The van der Waals surface area contributed by atoms with Gasteiger partial charge in [-0.1, -0.05) is 39.3 Å². The number of benzene rings is 1. The van der Waals surface area contributed by atoms with Gasteiger partial charge in [-0.3, -0.25) is 0 Å². The molecule has 5 heteroatoms. The van der Waals surface area contributed by atoms with Crippen molar-refractivity contribution < 1.29 is 4.74 Å². The topological polar surface area (TPSA) is 63.2 Å². The van der Waals surface area contributed by atoms with Gasteiger partial charge in [0.2, 0.25) is 0 Å². The fourth-order valence-corrected chi connectivity index (χ4v) is 2.95. The number of aromatic nitrogens is 3. The van der Waals surface area contributed by atoms with E-state index in [9.17, 15) is 5.26 Å². The molecule has 0 saturated carbocycles. The Morgan fingerprint density at radius 3 is 2.62 bits per heavy atom. The van der Waals surface area contributed by atoms with Crippen LogP contribution in [0.5, 0.6) is 5.75 Å². The molecular weight excluding hydrogens is 324 g/mol. The molecule has 0 fully saturated rings. The maximum atomic E-state index is 9.25. The van der Waals surface area contributed by atoms with E-state index in [-0.39, 0.29) is 0 Å². The van der Waals surface area contributed by atoms with Crippen molar-refractivity contribution in [2.75, 3.05) is 6.61 Å². The van der Waals surface area contributed by atoms with Gasteiger partial charge in [-0.15, -0.1) is 0 Å². The summed E-state index contributed by atoms with van der Waals surface area (Å²) < 4.78 is 7.56. The van der Waals surface area contributed by atoms with Crippen LogP contribution in [0.4, 0.5) is 0 Å². The molecule has 2 aromatic heterocycles. The number of nitrogens with zero attached hydrogens (tertiary/aromatic N) is 4. The molecule has 26 heavy (non-hydrogen) atoms. The van der Waals surface area contributed by atoms with Crippen molar-refractivity contribution in [2.24, 2.45) is 5.92 Å². The van der Waals surface area contributed by atoms with E-state index in [4.69, 9.17) is 4.74 Å². The molecule has 3 rings (SSSR count). The van der Waals surface area contributed by atoms with Crippen molar-refractivity contribution in [1.82, 2.24) is 14.6 Å². The van der Waals surface area contributed by atoms with E-state index in [2.05, 4.69) is 49.1 Å². The lowest BCUT2D eigenvalue weighted by Gasteiger charge is -2.14. The van der Waals surface area contributed by atoms with Crippen molar-refractivity contribution >= 4 is 5.65 Å². The molecule has 0 atom stereocenters. The number of nitriles is 1. The van der Waals surface area contributed by atoms with Gasteiger partial charge in [-0.2, -0.15) is 10.4 Å². The molecule has 0 aliphatic rings. The molecule has 0 saturated heterocycles. The van der Waals surface area contributed by atoms with Crippen LogP contribution in [0.3, 0.4) is 0 Å². The normalized spacial score (nSPS) is 11.0. The van der Waals surface area contributed by atoms with Gasteiger partial charge in [0.25, 0.3) is 0 Å². The van der Waals surface area contributed by atoms with E-state index in [0.717, 1.165) is 48.4 Å². The highest BCUT2D eigenvalue weighted by Gasteiger charge is 2.15. The first-order valence-electron chi connectivity index (χ1n) is 9.13. The van der Waals surface area contributed by atoms with Gasteiger partial charge in [0.15, 0.2) is 5.65 Å². The Bertz CT molecular complexity index is 920. The highest BCUT2D eigenvalue weighted by atomic mass is 16.5. The fraction of sp³-hybridized carbons (Fsp3) is 0.381. The van der Waals surface area contributed by atoms with Gasteiger partial charge in [0.05, 0.1) is 18.5 Å². The van der Waals surface area contributed by atoms with Gasteiger partial charge in [-0.25, -0.2) is 9.50 Å². The lowest BCUT2D eigenvalue weighted by atomic mass is 9.99. The summed E-state index contributed by atoms with van der Waals surface area (Å²) in [6, 6.07) is 10.3. The highest BCUT2D eigenvalue weighted by Crippen LogP contribution is 2.28. The summed E-state index contributed by atoms with van der Waals surface area (Å²) >= 11 is 0. The number of hydrogen-bond donors (Lipinski definition) is 0. The van der Waals surface area contributed by atoms with E-state index in [1.165, 1.54) is 0 Å². The van der Waals surface area contributed by atoms with Crippen LogP contribution in [0.25, 0.3) is 16.8 Å². The number of ether oxygens (including phenoxy) is 1. The smallest absolute Gasteiger partial charge is 0.173 e. The minimum Gasteiger partial charge on any atom is -0.494 e. The summed E-state index contributed by atoms with van der Waals surface area (Å²) in [5.74, 6) is 1.35. The molecule has 0 bridgehead atoms. The second-order valence-electron chi connectivity index (χ2n) is 6.85. The summed E-state index contributed by atoms with van der Waals surface area (Å²) in [4.78, 5) is 4.49. The van der Waals surface area contributed by atoms with Crippen molar-refractivity contribution in [3.63, 3.8) is 0 Å². The average molecular weight is 348 g/mol. The minimum atomic E-state index is 0.464. The average Bonchev–Trinajstić information content (AvgIpc) is 3.06. The number of rotatable bonds is 7. The van der Waals surface area contributed by atoms with Gasteiger partial charge < -0.3 is 4.74 Å². The van der Waals surface area contributed by atoms with E-state index in [0.29, 0.717) is 17.1 Å². The van der Waals surface area contributed by atoms with Crippen molar-refractivity contribution in [3.8, 4) is 22.9 Å². The Kier molecular flexibility index (Phi) is 5.52. The van der Waals surface area contributed by atoms with Crippen LogP contribution in [0, 0.1) is 17.2 Å². The van der Waals surface area contributed by atoms with Crippen LogP contribution in [-0.4, -0.2) is 21.2 Å². The minimum absolute atomic E-state index is 0.464. The molecule has 0 spiro atoms. The van der Waals surface area contributed by atoms with Crippen molar-refractivity contribution in [3.05, 3.63) is 47.9 Å². The molecule has 0 aliphatic heterocycles. The maximum absolute atomic E-state index is 9.25. The van der Waals surface area contributed by atoms with E-state index >= 15 is 0 Å². The molecule has 0 unspecified atom stereocenters. The molecule has 2 heterocycles. The Balaban J connectivity index is 1.99. The van der Waals surface area contributed by atoms with Gasteiger partial charge in [-0.05, 0) is 36.5 Å². The molecule has 0 radical (unpaired) electrons. The molecule has 3 aromatic rings. The Labute approximate surface area is 154 Å². The third-order valence-electron chi connectivity index (χ3n) is 4.28. The van der Waals surface area contributed by atoms with Crippen LogP contribution < -0.4 is 4.74 Å². The highest BCUT2D eigenvalue weighted by molar-refractivity contribution is 5.69. The Hall–Kier alpha value is -2.87. The molecule has 1 aromatic carbocycles. The number of hydrogen-bond acceptors (Lipinski definition) is 4. The lowest BCUT2D eigenvalue weighted by molar-refractivity contribution is 0.309. The number of fused-ring (bicyclic) bond motifs is 1. The second-order valence-corrected chi connectivity index (χ2v) is 6.85. The summed E-state index contributed by atoms with van der Waals surface area (Å²) in [6.07, 6.45) is 6.47. The zero-order valence-electron chi connectivity index (χ0n) is 15.6.